The molecule has 0 aliphatic carbocycles. The molecule has 0 aliphatic rings. The highest BCUT2D eigenvalue weighted by Crippen LogP contribution is 2.25. The van der Waals surface area contributed by atoms with Crippen LogP contribution in [0.4, 0.5) is 5.69 Å². The van der Waals surface area contributed by atoms with Gasteiger partial charge in [-0.25, -0.2) is 0 Å². The lowest BCUT2D eigenvalue weighted by Gasteiger charge is -2.12. The van der Waals surface area contributed by atoms with Crippen molar-refractivity contribution in [1.29, 1.82) is 0 Å². The van der Waals surface area contributed by atoms with Crippen LogP contribution < -0.4 is 10.1 Å². The normalized spacial score (nSPS) is 10.9. The van der Waals surface area contributed by atoms with Crippen molar-refractivity contribution in [3.63, 3.8) is 0 Å². The van der Waals surface area contributed by atoms with E-state index in [0.29, 0.717) is 11.0 Å². The summed E-state index contributed by atoms with van der Waals surface area (Å²) >= 11 is 1.34. The molecule has 4 aromatic carbocycles. The predicted molar refractivity (Wildman–Crippen MR) is 140 cm³/mol. The summed E-state index contributed by atoms with van der Waals surface area (Å²) in [4.78, 5) is 12.6. The molecule has 1 aromatic heterocycles. The van der Waals surface area contributed by atoms with Gasteiger partial charge < -0.3 is 10.1 Å². The molecule has 0 saturated carbocycles. The molecular weight excluding hydrogens is 456 g/mol. The first kappa shape index (κ1) is 22.7. The second-order valence-electron chi connectivity index (χ2n) is 8.07. The highest BCUT2D eigenvalue weighted by atomic mass is 32.2. The monoisotopic (exact) mass is 480 g/mol. The zero-order valence-electron chi connectivity index (χ0n) is 19.2. The maximum Gasteiger partial charge on any atom is 0.234 e. The van der Waals surface area contributed by atoms with Gasteiger partial charge in [-0.1, -0.05) is 72.4 Å². The Hall–Kier alpha value is -4.10. The molecule has 35 heavy (non-hydrogen) atoms. The van der Waals surface area contributed by atoms with Crippen LogP contribution in [0.3, 0.4) is 0 Å². The minimum absolute atomic E-state index is 0.0998. The molecule has 1 N–H and O–H groups in total. The molecular formula is C28H24N4O2S. The Kier molecular flexibility index (Phi) is 6.77. The molecule has 7 heteroatoms. The van der Waals surface area contributed by atoms with Crippen LogP contribution in [0.2, 0.25) is 0 Å². The largest absolute Gasteiger partial charge is 0.486 e. The van der Waals surface area contributed by atoms with Crippen LogP contribution in [-0.4, -0.2) is 26.4 Å². The first-order valence-electron chi connectivity index (χ1n) is 11.3. The van der Waals surface area contributed by atoms with Gasteiger partial charge in [-0.3, -0.25) is 9.36 Å². The van der Waals surface area contributed by atoms with E-state index in [4.69, 9.17) is 4.74 Å². The van der Waals surface area contributed by atoms with E-state index in [1.165, 1.54) is 11.8 Å². The fraction of sp³-hybridized carbons (Fsp3) is 0.107. The van der Waals surface area contributed by atoms with Crippen molar-refractivity contribution in [3.8, 4) is 11.4 Å². The summed E-state index contributed by atoms with van der Waals surface area (Å²) in [7, 11) is 0. The third-order valence-electron chi connectivity index (χ3n) is 5.44. The SMILES string of the molecule is Cc1cccc(NC(=O)CSc2nnc(COc3ccc4ccccc4c3)n2-c2ccccc2)c1. The second kappa shape index (κ2) is 10.4. The van der Waals surface area contributed by atoms with E-state index in [2.05, 4.69) is 27.6 Å². The topological polar surface area (TPSA) is 69.0 Å². The number of amides is 1. The summed E-state index contributed by atoms with van der Waals surface area (Å²) < 4.78 is 8.02. The van der Waals surface area contributed by atoms with Crippen LogP contribution in [-0.2, 0) is 11.4 Å². The molecule has 1 amide bonds. The Labute approximate surface area is 208 Å². The number of hydrogen-bond donors (Lipinski definition) is 1. The average Bonchev–Trinajstić information content (AvgIpc) is 3.29. The number of anilines is 1. The molecule has 0 aliphatic heterocycles. The predicted octanol–water partition coefficient (Wildman–Crippen LogP) is 6.04. The molecule has 1 heterocycles. The van der Waals surface area contributed by atoms with Crippen molar-refractivity contribution >= 4 is 34.1 Å². The number of ether oxygens (including phenoxy) is 1. The van der Waals surface area contributed by atoms with Gasteiger partial charge in [0, 0.05) is 11.4 Å². The lowest BCUT2D eigenvalue weighted by Crippen LogP contribution is -2.14. The Morgan fingerprint density at radius 1 is 0.886 bits per heavy atom. The van der Waals surface area contributed by atoms with Crippen molar-refractivity contribution in [2.24, 2.45) is 0 Å². The lowest BCUT2D eigenvalue weighted by atomic mass is 10.1. The van der Waals surface area contributed by atoms with Gasteiger partial charge in [-0.2, -0.15) is 0 Å². The van der Waals surface area contributed by atoms with E-state index < -0.39 is 0 Å². The van der Waals surface area contributed by atoms with Gasteiger partial charge in [0.15, 0.2) is 11.0 Å². The van der Waals surface area contributed by atoms with E-state index in [-0.39, 0.29) is 18.3 Å². The maximum absolute atomic E-state index is 12.6. The summed E-state index contributed by atoms with van der Waals surface area (Å²) in [5.74, 6) is 1.53. The molecule has 0 bridgehead atoms. The Morgan fingerprint density at radius 3 is 2.51 bits per heavy atom. The number of aryl methyl sites for hydroxylation is 1. The van der Waals surface area contributed by atoms with Gasteiger partial charge in [-0.05, 0) is 59.7 Å². The summed E-state index contributed by atoms with van der Waals surface area (Å²) in [6.45, 7) is 2.24. The number of thioether (sulfide) groups is 1. The molecule has 5 rings (SSSR count). The average molecular weight is 481 g/mol. The molecule has 0 radical (unpaired) electrons. The van der Waals surface area contributed by atoms with Crippen molar-refractivity contribution < 1.29 is 9.53 Å². The van der Waals surface area contributed by atoms with Gasteiger partial charge in [0.05, 0.1) is 5.75 Å². The van der Waals surface area contributed by atoms with Crippen molar-refractivity contribution in [3.05, 3.63) is 108 Å². The summed E-state index contributed by atoms with van der Waals surface area (Å²) in [5.41, 5.74) is 2.79. The molecule has 0 spiro atoms. The number of nitrogens with one attached hydrogen (secondary N) is 1. The van der Waals surface area contributed by atoms with Crippen LogP contribution in [0.25, 0.3) is 16.5 Å². The third-order valence-corrected chi connectivity index (χ3v) is 6.37. The molecule has 0 atom stereocenters. The van der Waals surface area contributed by atoms with Crippen LogP contribution >= 0.6 is 11.8 Å². The van der Waals surface area contributed by atoms with Gasteiger partial charge in [0.2, 0.25) is 5.91 Å². The van der Waals surface area contributed by atoms with E-state index in [1.54, 1.807) is 0 Å². The summed E-state index contributed by atoms with van der Waals surface area (Å²) in [5, 5.41) is 14.6. The number of carbonyl (C=O) groups is 1. The fourth-order valence-electron chi connectivity index (χ4n) is 3.78. The fourth-order valence-corrected chi connectivity index (χ4v) is 4.55. The minimum Gasteiger partial charge on any atom is -0.486 e. The smallest absolute Gasteiger partial charge is 0.234 e. The van der Waals surface area contributed by atoms with Gasteiger partial charge in [0.25, 0.3) is 0 Å². The van der Waals surface area contributed by atoms with Crippen molar-refractivity contribution in [2.45, 2.75) is 18.7 Å². The Morgan fingerprint density at radius 2 is 1.69 bits per heavy atom. The van der Waals surface area contributed by atoms with Gasteiger partial charge in [-0.15, -0.1) is 10.2 Å². The Balaban J connectivity index is 1.32. The first-order valence-corrected chi connectivity index (χ1v) is 12.2. The number of carbonyl (C=O) groups excluding carboxylic acids is 1. The van der Waals surface area contributed by atoms with Gasteiger partial charge >= 0.3 is 0 Å². The van der Waals surface area contributed by atoms with Crippen molar-refractivity contribution in [1.82, 2.24) is 14.8 Å². The quantitative estimate of drug-likeness (QED) is 0.274. The second-order valence-corrected chi connectivity index (χ2v) is 9.02. The number of fused-ring (bicyclic) bond motifs is 1. The number of para-hydroxylation sites is 1. The molecule has 174 valence electrons. The van der Waals surface area contributed by atoms with Crippen LogP contribution in [0.15, 0.2) is 102 Å². The number of aromatic nitrogens is 3. The minimum atomic E-state index is -0.0998. The lowest BCUT2D eigenvalue weighted by molar-refractivity contribution is -0.113. The molecule has 5 aromatic rings. The van der Waals surface area contributed by atoms with E-state index in [0.717, 1.165) is 33.5 Å². The van der Waals surface area contributed by atoms with Crippen molar-refractivity contribution in [2.75, 3.05) is 11.1 Å². The van der Waals surface area contributed by atoms with Crippen LogP contribution in [0.5, 0.6) is 5.75 Å². The summed E-state index contributed by atoms with van der Waals surface area (Å²) in [6, 6.07) is 31.8. The van der Waals surface area contributed by atoms with E-state index in [9.17, 15) is 4.79 Å². The number of hydrogen-bond acceptors (Lipinski definition) is 5. The summed E-state index contributed by atoms with van der Waals surface area (Å²) in [6.07, 6.45) is 0. The van der Waals surface area contributed by atoms with E-state index >= 15 is 0 Å². The molecule has 0 saturated heterocycles. The third kappa shape index (κ3) is 5.53. The number of rotatable bonds is 8. The zero-order chi connectivity index (χ0) is 24.0. The molecule has 0 unspecified atom stereocenters. The van der Waals surface area contributed by atoms with Crippen LogP contribution in [0.1, 0.15) is 11.4 Å². The highest BCUT2D eigenvalue weighted by molar-refractivity contribution is 7.99. The van der Waals surface area contributed by atoms with E-state index in [1.807, 2.05) is 96.4 Å². The molecule has 0 fully saturated rings. The highest BCUT2D eigenvalue weighted by Gasteiger charge is 2.16. The standard InChI is InChI=1S/C28H24N4O2S/c1-20-8-7-11-23(16-20)29-27(33)19-35-28-31-30-26(32(28)24-12-3-2-4-13-24)18-34-25-15-14-21-9-5-6-10-22(21)17-25/h2-17H,18-19H2,1H3,(H,29,33). The Bertz CT molecular complexity index is 1470. The first-order chi connectivity index (χ1) is 17.2. The van der Waals surface area contributed by atoms with Gasteiger partial charge in [0.1, 0.15) is 12.4 Å². The molecule has 6 nitrogen and oxygen atoms in total. The van der Waals surface area contributed by atoms with Crippen LogP contribution in [0, 0.1) is 6.92 Å². The maximum atomic E-state index is 12.6. The number of benzene rings is 4. The zero-order valence-corrected chi connectivity index (χ0v) is 20.0. The number of nitrogens with zero attached hydrogens (tertiary/aromatic N) is 3.